The van der Waals surface area contributed by atoms with Crippen molar-refractivity contribution in [2.45, 2.75) is 6.92 Å². The van der Waals surface area contributed by atoms with E-state index in [1.54, 1.807) is 12.1 Å². The maximum atomic E-state index is 12.1. The van der Waals surface area contributed by atoms with Gasteiger partial charge in [-0.2, -0.15) is 0 Å². The van der Waals surface area contributed by atoms with Gasteiger partial charge in [-0.3, -0.25) is 9.59 Å². The van der Waals surface area contributed by atoms with E-state index in [9.17, 15) is 9.59 Å². The van der Waals surface area contributed by atoms with Crippen molar-refractivity contribution < 1.29 is 9.59 Å². The fourth-order valence-electron chi connectivity index (χ4n) is 1.77. The lowest BCUT2D eigenvalue weighted by Gasteiger charge is -2.26. The maximum absolute atomic E-state index is 12.1. The van der Waals surface area contributed by atoms with Gasteiger partial charge >= 0.3 is 0 Å². The van der Waals surface area contributed by atoms with Crippen molar-refractivity contribution in [1.82, 2.24) is 10.2 Å². The first-order valence-corrected chi connectivity index (χ1v) is 5.50. The number of nitrogens with zero attached hydrogens (tertiary/aromatic N) is 1. The summed E-state index contributed by atoms with van der Waals surface area (Å²) in [6, 6.07) is 5.21. The predicted octanol–water partition coefficient (Wildman–Crippen LogP) is 0.149. The number of aryl methyl sites for hydroxylation is 1. The van der Waals surface area contributed by atoms with Crippen molar-refractivity contribution in [1.29, 1.82) is 0 Å². The minimum absolute atomic E-state index is 0.118. The normalized spacial score (nSPS) is 15.6. The lowest BCUT2D eigenvalue weighted by Crippen LogP contribution is -2.49. The number of carbonyl (C=O) groups excluding carboxylic acids is 2. The molecular formula is C12H15N3O2. The Morgan fingerprint density at radius 1 is 1.47 bits per heavy atom. The summed E-state index contributed by atoms with van der Waals surface area (Å²) in [4.78, 5) is 24.8. The van der Waals surface area contributed by atoms with Crippen LogP contribution in [-0.2, 0) is 4.79 Å². The van der Waals surface area contributed by atoms with Gasteiger partial charge in [0.05, 0.1) is 6.54 Å². The standard InChI is InChI=1S/C12H15N3O2/c1-8-2-3-9(6-10(8)13)12(17)15-5-4-14-11(16)7-15/h2-3,6H,4-5,7,13H2,1H3,(H,14,16). The van der Waals surface area contributed by atoms with Crippen molar-refractivity contribution in [2.24, 2.45) is 0 Å². The highest BCUT2D eigenvalue weighted by atomic mass is 16.2. The minimum Gasteiger partial charge on any atom is -0.398 e. The molecule has 1 aromatic carbocycles. The molecule has 0 radical (unpaired) electrons. The van der Waals surface area contributed by atoms with E-state index < -0.39 is 0 Å². The van der Waals surface area contributed by atoms with Crippen LogP contribution in [0.4, 0.5) is 5.69 Å². The third-order valence-electron chi connectivity index (χ3n) is 2.85. The molecule has 17 heavy (non-hydrogen) atoms. The monoisotopic (exact) mass is 233 g/mol. The Kier molecular flexibility index (Phi) is 2.99. The lowest BCUT2D eigenvalue weighted by atomic mass is 10.1. The maximum Gasteiger partial charge on any atom is 0.254 e. The van der Waals surface area contributed by atoms with Crippen LogP contribution in [0.25, 0.3) is 0 Å². The highest BCUT2D eigenvalue weighted by molar-refractivity contribution is 5.97. The molecule has 5 heteroatoms. The van der Waals surface area contributed by atoms with Crippen LogP contribution >= 0.6 is 0 Å². The first kappa shape index (κ1) is 11.4. The van der Waals surface area contributed by atoms with E-state index in [0.29, 0.717) is 24.3 Å². The molecule has 2 rings (SSSR count). The molecule has 0 aromatic heterocycles. The number of carbonyl (C=O) groups is 2. The molecule has 0 unspecified atom stereocenters. The predicted molar refractivity (Wildman–Crippen MR) is 64.5 cm³/mol. The smallest absolute Gasteiger partial charge is 0.254 e. The summed E-state index contributed by atoms with van der Waals surface area (Å²) in [6.07, 6.45) is 0. The zero-order valence-corrected chi connectivity index (χ0v) is 9.69. The summed E-state index contributed by atoms with van der Waals surface area (Å²) in [6.45, 7) is 3.05. The van der Waals surface area contributed by atoms with E-state index >= 15 is 0 Å². The largest absolute Gasteiger partial charge is 0.398 e. The number of anilines is 1. The van der Waals surface area contributed by atoms with E-state index in [0.717, 1.165) is 5.56 Å². The number of rotatable bonds is 1. The fraction of sp³-hybridized carbons (Fsp3) is 0.333. The summed E-state index contributed by atoms with van der Waals surface area (Å²) in [5, 5.41) is 2.68. The van der Waals surface area contributed by atoms with Gasteiger partial charge in [0.1, 0.15) is 0 Å². The number of hydrogen-bond acceptors (Lipinski definition) is 3. The molecule has 1 aromatic rings. The first-order chi connectivity index (χ1) is 8.08. The molecule has 0 aliphatic carbocycles. The molecule has 5 nitrogen and oxygen atoms in total. The van der Waals surface area contributed by atoms with Crippen molar-refractivity contribution in [2.75, 3.05) is 25.4 Å². The summed E-state index contributed by atoms with van der Waals surface area (Å²) in [5.41, 5.74) is 7.83. The molecular weight excluding hydrogens is 218 g/mol. The zero-order chi connectivity index (χ0) is 12.4. The van der Waals surface area contributed by atoms with Gasteiger partial charge in [-0.25, -0.2) is 0 Å². The number of nitrogens with one attached hydrogen (secondary N) is 1. The van der Waals surface area contributed by atoms with Crippen molar-refractivity contribution in [3.63, 3.8) is 0 Å². The quantitative estimate of drug-likeness (QED) is 0.678. The van der Waals surface area contributed by atoms with Crippen molar-refractivity contribution in [3.05, 3.63) is 29.3 Å². The van der Waals surface area contributed by atoms with E-state index in [2.05, 4.69) is 5.32 Å². The summed E-state index contributed by atoms with van der Waals surface area (Å²) in [7, 11) is 0. The second-order valence-electron chi connectivity index (χ2n) is 4.15. The molecule has 1 fully saturated rings. The second kappa shape index (κ2) is 4.45. The fourth-order valence-corrected chi connectivity index (χ4v) is 1.77. The van der Waals surface area contributed by atoms with E-state index in [-0.39, 0.29) is 18.4 Å². The molecule has 0 spiro atoms. The SMILES string of the molecule is Cc1ccc(C(=O)N2CCNC(=O)C2)cc1N. The van der Waals surface area contributed by atoms with E-state index in [1.807, 2.05) is 13.0 Å². The van der Waals surface area contributed by atoms with Crippen LogP contribution in [-0.4, -0.2) is 36.3 Å². The van der Waals surface area contributed by atoms with Crippen molar-refractivity contribution >= 4 is 17.5 Å². The van der Waals surface area contributed by atoms with Crippen LogP contribution in [0.1, 0.15) is 15.9 Å². The average Bonchev–Trinajstić information content (AvgIpc) is 2.32. The molecule has 0 saturated carbocycles. The van der Waals surface area contributed by atoms with Gasteiger partial charge < -0.3 is 16.0 Å². The summed E-state index contributed by atoms with van der Waals surface area (Å²) < 4.78 is 0. The van der Waals surface area contributed by atoms with Gasteiger partial charge in [-0.15, -0.1) is 0 Å². The molecule has 1 aliphatic heterocycles. The molecule has 2 amide bonds. The van der Waals surface area contributed by atoms with Crippen LogP contribution in [0.3, 0.4) is 0 Å². The van der Waals surface area contributed by atoms with E-state index in [1.165, 1.54) is 4.90 Å². The first-order valence-electron chi connectivity index (χ1n) is 5.50. The molecule has 3 N–H and O–H groups in total. The Morgan fingerprint density at radius 2 is 2.24 bits per heavy atom. The van der Waals surface area contributed by atoms with Crippen LogP contribution in [0.5, 0.6) is 0 Å². The van der Waals surface area contributed by atoms with Gasteiger partial charge in [-0.05, 0) is 24.6 Å². The number of nitrogen functional groups attached to an aromatic ring is 1. The molecule has 0 atom stereocenters. The number of benzene rings is 1. The van der Waals surface area contributed by atoms with Crippen LogP contribution in [0.15, 0.2) is 18.2 Å². The van der Waals surface area contributed by atoms with E-state index in [4.69, 9.17) is 5.73 Å². The van der Waals surface area contributed by atoms with Gasteiger partial charge in [0.15, 0.2) is 0 Å². The summed E-state index contributed by atoms with van der Waals surface area (Å²) in [5.74, 6) is -0.267. The topological polar surface area (TPSA) is 75.4 Å². The number of nitrogens with two attached hydrogens (primary N) is 1. The van der Waals surface area contributed by atoms with Gasteiger partial charge in [0, 0.05) is 24.3 Å². The number of piperazine rings is 1. The Hall–Kier alpha value is -2.04. The number of amides is 2. The van der Waals surface area contributed by atoms with Crippen LogP contribution < -0.4 is 11.1 Å². The molecule has 90 valence electrons. The molecule has 1 aliphatic rings. The average molecular weight is 233 g/mol. The van der Waals surface area contributed by atoms with Crippen LogP contribution in [0, 0.1) is 6.92 Å². The third-order valence-corrected chi connectivity index (χ3v) is 2.85. The third kappa shape index (κ3) is 2.38. The Morgan fingerprint density at radius 3 is 2.88 bits per heavy atom. The van der Waals surface area contributed by atoms with Crippen molar-refractivity contribution in [3.8, 4) is 0 Å². The van der Waals surface area contributed by atoms with Crippen LogP contribution in [0.2, 0.25) is 0 Å². The Labute approximate surface area is 99.6 Å². The second-order valence-corrected chi connectivity index (χ2v) is 4.15. The lowest BCUT2D eigenvalue weighted by molar-refractivity contribution is -0.123. The van der Waals surface area contributed by atoms with Gasteiger partial charge in [0.2, 0.25) is 5.91 Å². The molecule has 1 heterocycles. The van der Waals surface area contributed by atoms with Gasteiger partial charge in [0.25, 0.3) is 5.91 Å². The molecule has 0 bridgehead atoms. The van der Waals surface area contributed by atoms with Gasteiger partial charge in [-0.1, -0.05) is 6.07 Å². The molecule has 1 saturated heterocycles. The highest BCUT2D eigenvalue weighted by Crippen LogP contribution is 2.15. The number of hydrogen-bond donors (Lipinski definition) is 2. The minimum atomic E-state index is -0.147. The highest BCUT2D eigenvalue weighted by Gasteiger charge is 2.22. The Balaban J connectivity index is 2.18. The Bertz CT molecular complexity index is 471. The zero-order valence-electron chi connectivity index (χ0n) is 9.69. The summed E-state index contributed by atoms with van der Waals surface area (Å²) >= 11 is 0.